The van der Waals surface area contributed by atoms with Crippen LogP contribution in [0, 0.1) is 5.82 Å². The minimum absolute atomic E-state index is 0.115. The smallest absolute Gasteiger partial charge is 0.319 e. The van der Waals surface area contributed by atoms with Gasteiger partial charge in [0.15, 0.2) is 5.78 Å². The molecule has 0 radical (unpaired) electrons. The fourth-order valence-corrected chi connectivity index (χ4v) is 2.70. The lowest BCUT2D eigenvalue weighted by atomic mass is 9.92. The zero-order chi connectivity index (χ0) is 17.3. The number of urea groups is 1. The van der Waals surface area contributed by atoms with Crippen molar-refractivity contribution >= 4 is 17.7 Å². The number of rotatable bonds is 4. The molecule has 2 aromatic rings. The largest absolute Gasteiger partial charge is 0.325 e. The van der Waals surface area contributed by atoms with Gasteiger partial charge in [0.25, 0.3) is 5.91 Å². The molecule has 1 aliphatic rings. The molecule has 5 nitrogen and oxygen atoms in total. The average molecular weight is 326 g/mol. The van der Waals surface area contributed by atoms with E-state index in [1.807, 2.05) is 0 Å². The van der Waals surface area contributed by atoms with E-state index in [2.05, 4.69) is 5.32 Å². The summed E-state index contributed by atoms with van der Waals surface area (Å²) in [5.74, 6) is -1.56. The van der Waals surface area contributed by atoms with Crippen molar-refractivity contribution in [3.8, 4) is 0 Å². The molecule has 1 aliphatic heterocycles. The number of carbonyl (C=O) groups is 3. The van der Waals surface area contributed by atoms with E-state index in [1.165, 1.54) is 18.2 Å². The van der Waals surface area contributed by atoms with Crippen LogP contribution >= 0.6 is 0 Å². The van der Waals surface area contributed by atoms with E-state index in [0.717, 1.165) is 11.0 Å². The maximum absolute atomic E-state index is 13.2. The van der Waals surface area contributed by atoms with Gasteiger partial charge in [0.05, 0.1) is 6.54 Å². The Morgan fingerprint density at radius 3 is 2.50 bits per heavy atom. The lowest BCUT2D eigenvalue weighted by molar-refractivity contribution is -0.130. The topological polar surface area (TPSA) is 66.5 Å². The second kappa shape index (κ2) is 5.88. The molecule has 0 aromatic heterocycles. The molecular formula is C18H15FN2O3. The van der Waals surface area contributed by atoms with Gasteiger partial charge in [0.2, 0.25) is 0 Å². The third-order valence-corrected chi connectivity index (χ3v) is 4.07. The van der Waals surface area contributed by atoms with Crippen LogP contribution in [-0.2, 0) is 10.3 Å². The highest BCUT2D eigenvalue weighted by atomic mass is 19.1. The molecule has 1 saturated heterocycles. The second-order valence-corrected chi connectivity index (χ2v) is 5.75. The molecule has 2 aromatic carbocycles. The van der Waals surface area contributed by atoms with Gasteiger partial charge in [0.1, 0.15) is 11.4 Å². The molecule has 1 atom stereocenters. The fourth-order valence-electron chi connectivity index (χ4n) is 2.70. The van der Waals surface area contributed by atoms with Gasteiger partial charge in [-0.3, -0.25) is 14.5 Å². The Balaban J connectivity index is 1.84. The van der Waals surface area contributed by atoms with Crippen molar-refractivity contribution in [3.63, 3.8) is 0 Å². The predicted molar refractivity (Wildman–Crippen MR) is 84.8 cm³/mol. The van der Waals surface area contributed by atoms with Gasteiger partial charge < -0.3 is 5.32 Å². The Bertz CT molecular complexity index is 822. The standard InChI is InChI=1S/C18H15FN2O3/c1-18(13-7-3-2-4-8-13)16(23)21(17(24)20-18)11-15(22)12-6-5-9-14(19)10-12/h2-10H,11H2,1H3,(H,20,24)/t18-/m0/s1. The zero-order valence-corrected chi connectivity index (χ0v) is 13.0. The van der Waals surface area contributed by atoms with E-state index in [0.29, 0.717) is 5.56 Å². The quantitative estimate of drug-likeness (QED) is 0.693. The molecule has 3 rings (SSSR count). The number of imide groups is 1. The van der Waals surface area contributed by atoms with Gasteiger partial charge in [-0.05, 0) is 24.6 Å². The molecule has 1 N–H and O–H groups in total. The summed E-state index contributed by atoms with van der Waals surface area (Å²) in [4.78, 5) is 38.0. The summed E-state index contributed by atoms with van der Waals surface area (Å²) < 4.78 is 13.2. The van der Waals surface area contributed by atoms with Crippen molar-refractivity contribution in [2.24, 2.45) is 0 Å². The Labute approximate surface area is 138 Å². The van der Waals surface area contributed by atoms with E-state index < -0.39 is 35.6 Å². The Hall–Kier alpha value is -3.02. The van der Waals surface area contributed by atoms with Crippen LogP contribution in [0.4, 0.5) is 9.18 Å². The maximum Gasteiger partial charge on any atom is 0.325 e. The minimum atomic E-state index is -1.22. The number of nitrogens with zero attached hydrogens (tertiary/aromatic N) is 1. The Morgan fingerprint density at radius 1 is 1.12 bits per heavy atom. The zero-order valence-electron chi connectivity index (χ0n) is 13.0. The third-order valence-electron chi connectivity index (χ3n) is 4.07. The van der Waals surface area contributed by atoms with E-state index >= 15 is 0 Å². The molecule has 1 fully saturated rings. The summed E-state index contributed by atoms with van der Waals surface area (Å²) in [7, 11) is 0. The first-order valence-corrected chi connectivity index (χ1v) is 7.40. The van der Waals surface area contributed by atoms with Crippen LogP contribution in [0.5, 0.6) is 0 Å². The van der Waals surface area contributed by atoms with Crippen molar-refractivity contribution in [3.05, 3.63) is 71.5 Å². The molecular weight excluding hydrogens is 311 g/mol. The summed E-state index contributed by atoms with van der Waals surface area (Å²) in [6.45, 7) is 1.16. The number of hydrogen-bond donors (Lipinski definition) is 1. The minimum Gasteiger partial charge on any atom is -0.319 e. The number of amides is 3. The average Bonchev–Trinajstić information content (AvgIpc) is 2.80. The van der Waals surface area contributed by atoms with Gasteiger partial charge in [-0.25, -0.2) is 9.18 Å². The highest BCUT2D eigenvalue weighted by Gasteiger charge is 2.49. The first kappa shape index (κ1) is 15.9. The van der Waals surface area contributed by atoms with Crippen LogP contribution in [0.2, 0.25) is 0 Å². The molecule has 6 heteroatoms. The molecule has 0 bridgehead atoms. The number of Topliss-reactive ketones (excluding diaryl/α,β-unsaturated/α-hetero) is 1. The summed E-state index contributed by atoms with van der Waals surface area (Å²) >= 11 is 0. The van der Waals surface area contributed by atoms with Crippen molar-refractivity contribution in [1.29, 1.82) is 0 Å². The lowest BCUT2D eigenvalue weighted by Crippen LogP contribution is -2.41. The number of nitrogens with one attached hydrogen (secondary N) is 1. The van der Waals surface area contributed by atoms with Gasteiger partial charge >= 0.3 is 6.03 Å². The molecule has 0 aliphatic carbocycles. The van der Waals surface area contributed by atoms with Gasteiger partial charge in [-0.15, -0.1) is 0 Å². The predicted octanol–water partition coefficient (Wildman–Crippen LogP) is 2.48. The Kier molecular flexibility index (Phi) is 3.89. The molecule has 0 saturated carbocycles. The SMILES string of the molecule is C[C@@]1(c2ccccc2)NC(=O)N(CC(=O)c2cccc(F)c2)C1=O. The highest BCUT2D eigenvalue weighted by Crippen LogP contribution is 2.28. The van der Waals surface area contributed by atoms with Gasteiger partial charge in [-0.1, -0.05) is 42.5 Å². The maximum atomic E-state index is 13.2. The van der Waals surface area contributed by atoms with E-state index in [1.54, 1.807) is 37.3 Å². The molecule has 3 amide bonds. The monoisotopic (exact) mass is 326 g/mol. The number of ketones is 1. The van der Waals surface area contributed by atoms with Crippen LogP contribution in [0.1, 0.15) is 22.8 Å². The van der Waals surface area contributed by atoms with Gasteiger partial charge in [0, 0.05) is 5.56 Å². The van der Waals surface area contributed by atoms with E-state index in [-0.39, 0.29) is 5.56 Å². The second-order valence-electron chi connectivity index (χ2n) is 5.75. The van der Waals surface area contributed by atoms with Crippen LogP contribution in [0.3, 0.4) is 0 Å². The number of halogens is 1. The van der Waals surface area contributed by atoms with Crippen LogP contribution in [0.25, 0.3) is 0 Å². The van der Waals surface area contributed by atoms with Crippen molar-refractivity contribution in [2.45, 2.75) is 12.5 Å². The molecule has 0 spiro atoms. The summed E-state index contributed by atoms with van der Waals surface area (Å²) in [5, 5.41) is 2.63. The third kappa shape index (κ3) is 2.67. The van der Waals surface area contributed by atoms with Crippen molar-refractivity contribution < 1.29 is 18.8 Å². The highest BCUT2D eigenvalue weighted by molar-refractivity contribution is 6.11. The van der Waals surface area contributed by atoms with Gasteiger partial charge in [-0.2, -0.15) is 0 Å². The number of carbonyl (C=O) groups excluding carboxylic acids is 3. The summed E-state index contributed by atoms with van der Waals surface area (Å²) in [5.41, 5.74) is -0.478. The number of hydrogen-bond acceptors (Lipinski definition) is 3. The Morgan fingerprint density at radius 2 is 1.83 bits per heavy atom. The van der Waals surface area contributed by atoms with Crippen molar-refractivity contribution in [1.82, 2.24) is 10.2 Å². The first-order valence-electron chi connectivity index (χ1n) is 7.40. The molecule has 0 unspecified atom stereocenters. The lowest BCUT2D eigenvalue weighted by Gasteiger charge is -2.22. The summed E-state index contributed by atoms with van der Waals surface area (Å²) in [6, 6.07) is 13.3. The first-order chi connectivity index (χ1) is 11.4. The van der Waals surface area contributed by atoms with Crippen LogP contribution in [0.15, 0.2) is 54.6 Å². The summed E-state index contributed by atoms with van der Waals surface area (Å²) in [6.07, 6.45) is 0. The molecule has 24 heavy (non-hydrogen) atoms. The molecule has 122 valence electrons. The van der Waals surface area contributed by atoms with E-state index in [4.69, 9.17) is 0 Å². The number of benzene rings is 2. The van der Waals surface area contributed by atoms with Crippen LogP contribution < -0.4 is 5.32 Å². The normalized spacial score (nSPS) is 20.2. The van der Waals surface area contributed by atoms with E-state index in [9.17, 15) is 18.8 Å². The fraction of sp³-hybridized carbons (Fsp3) is 0.167. The van der Waals surface area contributed by atoms with Crippen molar-refractivity contribution in [2.75, 3.05) is 6.54 Å². The molecule has 1 heterocycles. The van der Waals surface area contributed by atoms with Crippen LogP contribution in [-0.4, -0.2) is 29.2 Å².